The molecule has 0 aliphatic carbocycles. The highest BCUT2D eigenvalue weighted by molar-refractivity contribution is 6.23. The van der Waals surface area contributed by atoms with Crippen LogP contribution in [0.1, 0.15) is 0 Å². The molecule has 0 radical (unpaired) electrons. The number of aromatic nitrogens is 5. The van der Waals surface area contributed by atoms with Crippen molar-refractivity contribution in [2.75, 3.05) is 7.11 Å². The molecule has 0 aliphatic heterocycles. The first kappa shape index (κ1) is 41.7. The summed E-state index contributed by atoms with van der Waals surface area (Å²) in [4.78, 5) is 16.2. The van der Waals surface area contributed by atoms with Crippen LogP contribution in [0.2, 0.25) is 0 Å². The third kappa shape index (κ3) is 7.05. The summed E-state index contributed by atoms with van der Waals surface area (Å²) in [6, 6.07) is 80.1. The Morgan fingerprint density at radius 3 is 1.55 bits per heavy atom. The quantitative estimate of drug-likeness (QED) is 0.145. The van der Waals surface area contributed by atoms with Crippen molar-refractivity contribution in [2.24, 2.45) is 0 Å². The van der Waals surface area contributed by atoms with Gasteiger partial charge in [0.15, 0.2) is 11.6 Å². The standard InChI is InChI=1S/C64H42FN5O/c1-71-57-33-17-28-48(44-22-9-4-10-23-44)59(57)58-53(29-16-30-54(58)65)63-66-62(45-36-34-43(35-37-45)41-18-5-2-6-19-41)67-64(68-63)70-56-32-14-12-27-50(56)52-39-38-51-49-26-11-13-31-55(49)69(60(51)61(52)70)47-25-15-24-46(40-47)42-20-7-3-8-21-42/h2-40H,1H3. The Kier molecular flexibility index (Phi) is 10.1. The molecule has 3 aromatic heterocycles. The monoisotopic (exact) mass is 915 g/mol. The summed E-state index contributed by atoms with van der Waals surface area (Å²) in [5.74, 6) is 1.24. The molecule has 71 heavy (non-hydrogen) atoms. The lowest BCUT2D eigenvalue weighted by atomic mass is 9.90. The minimum absolute atomic E-state index is 0.311. The van der Waals surface area contributed by atoms with Crippen molar-refractivity contribution >= 4 is 43.6 Å². The summed E-state index contributed by atoms with van der Waals surface area (Å²) >= 11 is 0. The van der Waals surface area contributed by atoms with Gasteiger partial charge >= 0.3 is 0 Å². The fourth-order valence-electron chi connectivity index (χ4n) is 10.4. The molecule has 0 aliphatic rings. The van der Waals surface area contributed by atoms with Crippen LogP contribution in [0.15, 0.2) is 237 Å². The summed E-state index contributed by atoms with van der Waals surface area (Å²) in [5, 5.41) is 4.30. The number of halogens is 1. The molecule has 0 bridgehead atoms. The number of para-hydroxylation sites is 2. The van der Waals surface area contributed by atoms with E-state index in [0.29, 0.717) is 40.0 Å². The Morgan fingerprint density at radius 1 is 0.366 bits per heavy atom. The van der Waals surface area contributed by atoms with Crippen molar-refractivity contribution in [3.8, 4) is 84.7 Å². The minimum atomic E-state index is -0.430. The van der Waals surface area contributed by atoms with Crippen LogP contribution in [0, 0.1) is 5.82 Å². The molecule has 3 heterocycles. The molecule has 336 valence electrons. The number of fused-ring (bicyclic) bond motifs is 7. The van der Waals surface area contributed by atoms with E-state index in [9.17, 15) is 0 Å². The average molecular weight is 916 g/mol. The van der Waals surface area contributed by atoms with Gasteiger partial charge in [-0.2, -0.15) is 9.97 Å². The third-order valence-corrected chi connectivity index (χ3v) is 13.6. The first-order valence-corrected chi connectivity index (χ1v) is 23.7. The normalized spacial score (nSPS) is 11.5. The molecule has 0 saturated carbocycles. The Labute approximate surface area is 409 Å². The van der Waals surface area contributed by atoms with Crippen LogP contribution in [0.5, 0.6) is 5.75 Å². The van der Waals surface area contributed by atoms with E-state index in [2.05, 4.69) is 143 Å². The van der Waals surface area contributed by atoms with Gasteiger partial charge in [-0.25, -0.2) is 9.37 Å². The topological polar surface area (TPSA) is 57.8 Å². The Morgan fingerprint density at radius 2 is 0.873 bits per heavy atom. The maximum atomic E-state index is 17.1. The summed E-state index contributed by atoms with van der Waals surface area (Å²) in [6.07, 6.45) is 0. The second-order valence-electron chi connectivity index (χ2n) is 17.6. The fourth-order valence-corrected chi connectivity index (χ4v) is 10.4. The Balaban J connectivity index is 1.13. The zero-order valence-corrected chi connectivity index (χ0v) is 38.5. The van der Waals surface area contributed by atoms with E-state index in [1.165, 1.54) is 6.07 Å². The molecule has 6 nitrogen and oxygen atoms in total. The maximum absolute atomic E-state index is 17.1. The predicted molar refractivity (Wildman–Crippen MR) is 288 cm³/mol. The number of hydrogen-bond acceptors (Lipinski definition) is 4. The van der Waals surface area contributed by atoms with Crippen molar-refractivity contribution < 1.29 is 9.13 Å². The third-order valence-electron chi connectivity index (χ3n) is 13.6. The van der Waals surface area contributed by atoms with E-state index < -0.39 is 5.82 Å². The number of ether oxygens (including phenoxy) is 1. The molecule has 7 heteroatoms. The number of nitrogens with zero attached hydrogens (tertiary/aromatic N) is 5. The average Bonchev–Trinajstić information content (AvgIpc) is 3.97. The molecule has 0 N–H and O–H groups in total. The van der Waals surface area contributed by atoms with Gasteiger partial charge in [-0.15, -0.1) is 0 Å². The van der Waals surface area contributed by atoms with E-state index in [-0.39, 0.29) is 0 Å². The van der Waals surface area contributed by atoms with E-state index in [1.54, 1.807) is 13.2 Å². The second-order valence-corrected chi connectivity index (χ2v) is 17.6. The lowest BCUT2D eigenvalue weighted by molar-refractivity contribution is 0.416. The van der Waals surface area contributed by atoms with Gasteiger partial charge < -0.3 is 9.30 Å². The highest BCUT2D eigenvalue weighted by Gasteiger charge is 2.26. The zero-order valence-electron chi connectivity index (χ0n) is 38.5. The maximum Gasteiger partial charge on any atom is 0.238 e. The van der Waals surface area contributed by atoms with Gasteiger partial charge in [-0.1, -0.05) is 200 Å². The first-order valence-electron chi connectivity index (χ1n) is 23.7. The van der Waals surface area contributed by atoms with Gasteiger partial charge in [-0.3, -0.25) is 4.57 Å². The molecule has 0 amide bonds. The largest absolute Gasteiger partial charge is 0.496 e. The summed E-state index contributed by atoms with van der Waals surface area (Å²) in [7, 11) is 1.62. The Hall–Kier alpha value is -9.46. The lowest BCUT2D eigenvalue weighted by Crippen LogP contribution is -2.08. The lowest BCUT2D eigenvalue weighted by Gasteiger charge is -2.19. The van der Waals surface area contributed by atoms with Crippen molar-refractivity contribution in [2.45, 2.75) is 0 Å². The van der Waals surface area contributed by atoms with E-state index in [1.807, 2.05) is 91.0 Å². The Bertz CT molecular complexity index is 4150. The predicted octanol–water partition coefficient (Wildman–Crippen LogP) is 16.2. The van der Waals surface area contributed by atoms with Crippen LogP contribution < -0.4 is 4.74 Å². The van der Waals surface area contributed by atoms with Gasteiger partial charge in [0.1, 0.15) is 11.6 Å². The van der Waals surface area contributed by atoms with Gasteiger partial charge in [0.25, 0.3) is 0 Å². The second kappa shape index (κ2) is 17.3. The number of benzene rings is 10. The van der Waals surface area contributed by atoms with Crippen LogP contribution in [0.3, 0.4) is 0 Å². The molecule has 13 rings (SSSR count). The molecule has 10 aromatic carbocycles. The van der Waals surface area contributed by atoms with Crippen LogP contribution in [0.25, 0.3) is 123 Å². The summed E-state index contributed by atoms with van der Waals surface area (Å²) < 4.78 is 27.7. The van der Waals surface area contributed by atoms with Crippen LogP contribution in [-0.4, -0.2) is 31.2 Å². The molecular formula is C64H42FN5O. The van der Waals surface area contributed by atoms with Crippen LogP contribution in [-0.2, 0) is 0 Å². The van der Waals surface area contributed by atoms with Crippen LogP contribution in [0.4, 0.5) is 4.39 Å². The molecule has 0 atom stereocenters. The number of methoxy groups -OCH3 is 1. The highest BCUT2D eigenvalue weighted by atomic mass is 19.1. The van der Waals surface area contributed by atoms with Crippen molar-refractivity contribution in [1.82, 2.24) is 24.1 Å². The molecule has 13 aromatic rings. The molecule has 0 saturated heterocycles. The smallest absolute Gasteiger partial charge is 0.238 e. The zero-order chi connectivity index (χ0) is 47.4. The van der Waals surface area contributed by atoms with E-state index >= 15 is 4.39 Å². The molecule has 0 unspecified atom stereocenters. The van der Waals surface area contributed by atoms with E-state index in [0.717, 1.165) is 88.2 Å². The van der Waals surface area contributed by atoms with Gasteiger partial charge in [-0.05, 0) is 69.8 Å². The molecular weight excluding hydrogens is 874 g/mol. The van der Waals surface area contributed by atoms with Crippen LogP contribution >= 0.6 is 0 Å². The number of hydrogen-bond donors (Lipinski definition) is 0. The first-order chi connectivity index (χ1) is 35.1. The van der Waals surface area contributed by atoms with Gasteiger partial charge in [0.2, 0.25) is 5.95 Å². The molecule has 0 fully saturated rings. The van der Waals surface area contributed by atoms with E-state index in [4.69, 9.17) is 19.7 Å². The highest BCUT2D eigenvalue weighted by Crippen LogP contribution is 2.46. The summed E-state index contributed by atoms with van der Waals surface area (Å²) in [5.41, 5.74) is 13.3. The number of rotatable bonds is 9. The van der Waals surface area contributed by atoms with Gasteiger partial charge in [0, 0.05) is 49.5 Å². The van der Waals surface area contributed by atoms with Crippen molar-refractivity contribution in [3.05, 3.63) is 242 Å². The van der Waals surface area contributed by atoms with Gasteiger partial charge in [0.05, 0.1) is 29.2 Å². The SMILES string of the molecule is COc1cccc(-c2ccccc2)c1-c1c(F)cccc1-c1nc(-c2ccc(-c3ccccc3)cc2)nc(-n2c3ccccc3c3ccc4c5ccccc5n(-c5cccc(-c6ccccc6)c5)c4c32)n1. The minimum Gasteiger partial charge on any atom is -0.496 e. The van der Waals surface area contributed by atoms with Crippen molar-refractivity contribution in [3.63, 3.8) is 0 Å². The van der Waals surface area contributed by atoms with Crippen molar-refractivity contribution in [1.29, 1.82) is 0 Å². The molecule has 0 spiro atoms. The fraction of sp³-hybridized carbons (Fsp3) is 0.0156. The summed E-state index contributed by atoms with van der Waals surface area (Å²) in [6.45, 7) is 0.